The maximum atomic E-state index is 14.3. The van der Waals surface area contributed by atoms with Crippen LogP contribution >= 0.6 is 0 Å². The van der Waals surface area contributed by atoms with E-state index in [1.165, 1.54) is 6.07 Å². The Hall–Kier alpha value is -2.67. The van der Waals surface area contributed by atoms with Crippen molar-refractivity contribution in [2.75, 3.05) is 0 Å². The van der Waals surface area contributed by atoms with Crippen molar-refractivity contribution >= 4 is 10.8 Å². The van der Waals surface area contributed by atoms with Crippen LogP contribution in [0.3, 0.4) is 0 Å². The molecule has 0 spiro atoms. The molecular formula is C15H10FN3. The summed E-state index contributed by atoms with van der Waals surface area (Å²) in [6.07, 6.45) is 1.59. The molecule has 0 aliphatic heterocycles. The first-order chi connectivity index (χ1) is 9.22. The fraction of sp³-hybridized carbons (Fsp3) is 0.0667. The largest absolute Gasteiger partial charge is 0.268 e. The lowest BCUT2D eigenvalue weighted by atomic mass is 9.97. The summed E-state index contributed by atoms with van der Waals surface area (Å²) in [6.45, 7) is 0. The molecule has 0 aliphatic rings. The van der Waals surface area contributed by atoms with Gasteiger partial charge in [0.05, 0.1) is 16.8 Å². The van der Waals surface area contributed by atoms with E-state index in [9.17, 15) is 9.65 Å². The highest BCUT2D eigenvalue weighted by Crippen LogP contribution is 2.32. The molecular weight excluding hydrogens is 241 g/mol. The molecule has 0 unspecified atom stereocenters. The van der Waals surface area contributed by atoms with E-state index < -0.39 is 5.82 Å². The van der Waals surface area contributed by atoms with Crippen LogP contribution in [0.1, 0.15) is 5.56 Å². The molecule has 19 heavy (non-hydrogen) atoms. The van der Waals surface area contributed by atoms with Crippen LogP contribution in [0.4, 0.5) is 4.39 Å². The first-order valence-electron chi connectivity index (χ1n) is 5.82. The highest BCUT2D eigenvalue weighted by Gasteiger charge is 2.17. The van der Waals surface area contributed by atoms with E-state index >= 15 is 0 Å². The molecule has 3 rings (SSSR count). The first-order valence-corrected chi connectivity index (χ1v) is 5.82. The van der Waals surface area contributed by atoms with Gasteiger partial charge in [0.15, 0.2) is 0 Å². The Bertz CT molecular complexity index is 812. The summed E-state index contributed by atoms with van der Waals surface area (Å²) in [5.41, 5.74) is 1.25. The molecule has 3 nitrogen and oxygen atoms in total. The molecule has 4 heteroatoms. The first kappa shape index (κ1) is 11.4. The smallest absolute Gasteiger partial charge is 0.134 e. The predicted molar refractivity (Wildman–Crippen MR) is 70.8 cm³/mol. The summed E-state index contributed by atoms with van der Waals surface area (Å²) in [4.78, 5) is 0. The van der Waals surface area contributed by atoms with Crippen LogP contribution in [0, 0.1) is 17.1 Å². The fourth-order valence-corrected chi connectivity index (χ4v) is 2.30. The molecule has 92 valence electrons. The summed E-state index contributed by atoms with van der Waals surface area (Å²) < 4.78 is 15.9. The van der Waals surface area contributed by atoms with Crippen molar-refractivity contribution in [3.8, 4) is 17.3 Å². The maximum absolute atomic E-state index is 14.3. The minimum atomic E-state index is -0.404. The molecule has 2 aromatic carbocycles. The second-order valence-electron chi connectivity index (χ2n) is 4.28. The van der Waals surface area contributed by atoms with E-state index in [-0.39, 0.29) is 0 Å². The van der Waals surface area contributed by atoms with Gasteiger partial charge in [-0.25, -0.2) is 4.39 Å². The van der Waals surface area contributed by atoms with Crippen LogP contribution < -0.4 is 0 Å². The average Bonchev–Trinajstić information content (AvgIpc) is 2.83. The van der Waals surface area contributed by atoms with Crippen molar-refractivity contribution in [1.82, 2.24) is 9.78 Å². The van der Waals surface area contributed by atoms with Crippen molar-refractivity contribution in [1.29, 1.82) is 5.26 Å². The molecule has 0 N–H and O–H groups in total. The molecule has 0 radical (unpaired) electrons. The van der Waals surface area contributed by atoms with Gasteiger partial charge in [-0.15, -0.1) is 0 Å². The highest BCUT2D eigenvalue weighted by atomic mass is 19.1. The van der Waals surface area contributed by atoms with E-state index in [0.717, 1.165) is 10.8 Å². The molecule has 0 saturated heterocycles. The molecule has 0 saturated carbocycles. The molecule has 0 atom stereocenters. The molecule has 0 bridgehead atoms. The zero-order chi connectivity index (χ0) is 13.4. The molecule has 1 aromatic heterocycles. The van der Waals surface area contributed by atoms with Crippen LogP contribution in [0.25, 0.3) is 22.0 Å². The number of fused-ring (bicyclic) bond motifs is 1. The summed E-state index contributed by atoms with van der Waals surface area (Å²) in [6, 6.07) is 12.6. The molecule has 3 aromatic rings. The molecule has 0 fully saturated rings. The third-order valence-corrected chi connectivity index (χ3v) is 3.19. The van der Waals surface area contributed by atoms with Crippen molar-refractivity contribution in [2.24, 2.45) is 7.05 Å². The van der Waals surface area contributed by atoms with E-state index in [1.807, 2.05) is 18.2 Å². The molecule has 1 heterocycles. The number of hydrogen-bond donors (Lipinski definition) is 0. The number of rotatable bonds is 1. The standard InChI is InChI=1S/C15H10FN3/c1-19-14(6-7-18-19)15-12(9-17)11-5-3-2-4-10(11)8-13(15)16/h2-8H,1H3. The number of hydrogen-bond acceptors (Lipinski definition) is 2. The Morgan fingerprint density at radius 3 is 2.74 bits per heavy atom. The average molecular weight is 251 g/mol. The van der Waals surface area contributed by atoms with Gasteiger partial charge in [-0.3, -0.25) is 4.68 Å². The third-order valence-electron chi connectivity index (χ3n) is 3.19. The van der Waals surface area contributed by atoms with Crippen molar-refractivity contribution in [3.05, 3.63) is 54.0 Å². The van der Waals surface area contributed by atoms with Gasteiger partial charge in [0.1, 0.15) is 11.9 Å². The van der Waals surface area contributed by atoms with E-state index in [0.29, 0.717) is 16.8 Å². The lowest BCUT2D eigenvalue weighted by Gasteiger charge is -2.09. The van der Waals surface area contributed by atoms with Crippen LogP contribution in [-0.2, 0) is 7.05 Å². The zero-order valence-corrected chi connectivity index (χ0v) is 10.3. The predicted octanol–water partition coefficient (Wildman–Crippen LogP) is 3.25. The number of aryl methyl sites for hydroxylation is 1. The summed E-state index contributed by atoms with van der Waals surface area (Å²) in [5, 5.41) is 14.9. The Morgan fingerprint density at radius 2 is 2.05 bits per heavy atom. The summed E-state index contributed by atoms with van der Waals surface area (Å²) >= 11 is 0. The van der Waals surface area contributed by atoms with Gasteiger partial charge in [-0.1, -0.05) is 24.3 Å². The number of benzene rings is 2. The number of nitrogens with zero attached hydrogens (tertiary/aromatic N) is 3. The van der Waals surface area contributed by atoms with E-state index in [2.05, 4.69) is 11.2 Å². The van der Waals surface area contributed by atoms with Crippen LogP contribution in [-0.4, -0.2) is 9.78 Å². The van der Waals surface area contributed by atoms with Gasteiger partial charge in [0.25, 0.3) is 0 Å². The Labute approximate surface area is 109 Å². The van der Waals surface area contributed by atoms with Gasteiger partial charge >= 0.3 is 0 Å². The SMILES string of the molecule is Cn1nccc1-c1c(F)cc2ccccc2c1C#N. The van der Waals surface area contributed by atoms with Crippen molar-refractivity contribution in [3.63, 3.8) is 0 Å². The minimum absolute atomic E-state index is 0.307. The van der Waals surface area contributed by atoms with Gasteiger partial charge in [-0.05, 0) is 17.5 Å². The Morgan fingerprint density at radius 1 is 1.26 bits per heavy atom. The zero-order valence-electron chi connectivity index (χ0n) is 10.3. The lowest BCUT2D eigenvalue weighted by molar-refractivity contribution is 0.629. The van der Waals surface area contributed by atoms with Crippen LogP contribution in [0.2, 0.25) is 0 Å². The summed E-state index contributed by atoms with van der Waals surface area (Å²) in [5.74, 6) is -0.404. The van der Waals surface area contributed by atoms with Crippen molar-refractivity contribution < 1.29 is 4.39 Å². The quantitative estimate of drug-likeness (QED) is 0.666. The minimum Gasteiger partial charge on any atom is -0.268 e. The third kappa shape index (κ3) is 1.67. The molecule has 0 amide bonds. The normalized spacial score (nSPS) is 10.6. The second-order valence-corrected chi connectivity index (χ2v) is 4.28. The number of aromatic nitrogens is 2. The van der Waals surface area contributed by atoms with Crippen LogP contribution in [0.5, 0.6) is 0 Å². The highest BCUT2D eigenvalue weighted by molar-refractivity contribution is 5.94. The monoisotopic (exact) mass is 251 g/mol. The van der Waals surface area contributed by atoms with Crippen LogP contribution in [0.15, 0.2) is 42.6 Å². The number of halogens is 1. The Balaban J connectivity index is 2.46. The van der Waals surface area contributed by atoms with E-state index in [1.54, 1.807) is 30.1 Å². The summed E-state index contributed by atoms with van der Waals surface area (Å²) in [7, 11) is 1.73. The fourth-order valence-electron chi connectivity index (χ4n) is 2.30. The topological polar surface area (TPSA) is 41.6 Å². The maximum Gasteiger partial charge on any atom is 0.134 e. The lowest BCUT2D eigenvalue weighted by Crippen LogP contribution is -1.99. The molecule has 0 aliphatic carbocycles. The van der Waals surface area contributed by atoms with Gasteiger partial charge in [-0.2, -0.15) is 10.4 Å². The van der Waals surface area contributed by atoms with Gasteiger partial charge in [0, 0.05) is 18.6 Å². The Kier molecular flexibility index (Phi) is 2.53. The second kappa shape index (κ2) is 4.21. The van der Waals surface area contributed by atoms with E-state index in [4.69, 9.17) is 0 Å². The van der Waals surface area contributed by atoms with Gasteiger partial charge in [0.2, 0.25) is 0 Å². The number of nitriles is 1. The van der Waals surface area contributed by atoms with Gasteiger partial charge < -0.3 is 0 Å². The van der Waals surface area contributed by atoms with Crippen molar-refractivity contribution in [2.45, 2.75) is 0 Å².